The van der Waals surface area contributed by atoms with Crippen LogP contribution in [-0.4, -0.2) is 41.4 Å². The zero-order chi connectivity index (χ0) is 18.6. The predicted molar refractivity (Wildman–Crippen MR) is 88.8 cm³/mol. The number of aryl methyl sites for hydroxylation is 1. The number of aliphatic carboxylic acids is 1. The Morgan fingerprint density at radius 1 is 1.44 bits per heavy atom. The molecule has 0 aliphatic heterocycles. The van der Waals surface area contributed by atoms with Gasteiger partial charge in [-0.1, -0.05) is 6.07 Å². The number of nitrogens with zero attached hydrogens (tertiary/aromatic N) is 3. The Hall–Kier alpha value is -2.46. The fraction of sp³-hybridized carbons (Fsp3) is 0.400. The maximum atomic E-state index is 12.8. The summed E-state index contributed by atoms with van der Waals surface area (Å²) in [6.45, 7) is 4.15. The van der Waals surface area contributed by atoms with E-state index in [4.69, 9.17) is 9.84 Å². The van der Waals surface area contributed by atoms with Crippen LogP contribution in [0, 0.1) is 0 Å². The quantitative estimate of drug-likeness (QED) is 0.711. The van der Waals surface area contributed by atoms with Crippen LogP contribution in [0.15, 0.2) is 29.4 Å². The average Bonchev–Trinajstić information content (AvgIpc) is 3.02. The van der Waals surface area contributed by atoms with Crippen molar-refractivity contribution in [3.8, 4) is 5.75 Å². The van der Waals surface area contributed by atoms with Gasteiger partial charge in [-0.15, -0.1) is 10.2 Å². The van der Waals surface area contributed by atoms with E-state index in [1.54, 1.807) is 11.5 Å². The van der Waals surface area contributed by atoms with Crippen molar-refractivity contribution in [2.45, 2.75) is 37.8 Å². The van der Waals surface area contributed by atoms with Gasteiger partial charge in [0.15, 0.2) is 5.82 Å². The second-order valence-electron chi connectivity index (χ2n) is 5.37. The normalized spacial score (nSPS) is 12.8. The molecule has 0 saturated heterocycles. The van der Waals surface area contributed by atoms with E-state index >= 15 is 0 Å². The number of ether oxygens (including phenoxy) is 1. The Labute approximate surface area is 145 Å². The number of hydrogen-bond acceptors (Lipinski definition) is 6. The number of benzene rings is 1. The highest BCUT2D eigenvalue weighted by Crippen LogP contribution is 2.26. The number of sulfonamides is 1. The van der Waals surface area contributed by atoms with E-state index in [9.17, 15) is 13.2 Å². The molecular formula is C15H20N4O5S. The minimum atomic E-state index is -3.96. The summed E-state index contributed by atoms with van der Waals surface area (Å²) in [6.07, 6.45) is 1.24. The van der Waals surface area contributed by atoms with Crippen LogP contribution in [0.4, 0.5) is 0 Å². The third kappa shape index (κ3) is 4.34. The summed E-state index contributed by atoms with van der Waals surface area (Å²) in [5, 5.41) is 16.6. The first kappa shape index (κ1) is 18.9. The first-order chi connectivity index (χ1) is 11.8. The first-order valence-corrected chi connectivity index (χ1v) is 9.05. The van der Waals surface area contributed by atoms with Crippen molar-refractivity contribution in [3.63, 3.8) is 0 Å². The van der Waals surface area contributed by atoms with Crippen LogP contribution in [0.5, 0.6) is 5.75 Å². The Morgan fingerprint density at radius 2 is 2.16 bits per heavy atom. The molecule has 2 rings (SSSR count). The van der Waals surface area contributed by atoms with E-state index in [2.05, 4.69) is 14.9 Å². The zero-order valence-electron chi connectivity index (χ0n) is 14.1. The molecule has 1 atom stereocenters. The van der Waals surface area contributed by atoms with Gasteiger partial charge in [-0.2, -0.15) is 0 Å². The molecule has 0 bridgehead atoms. The highest BCUT2D eigenvalue weighted by Gasteiger charge is 2.25. The van der Waals surface area contributed by atoms with Crippen molar-refractivity contribution in [2.24, 2.45) is 0 Å². The van der Waals surface area contributed by atoms with Crippen molar-refractivity contribution < 1.29 is 23.1 Å². The van der Waals surface area contributed by atoms with Crippen molar-refractivity contribution in [1.29, 1.82) is 0 Å². The van der Waals surface area contributed by atoms with Gasteiger partial charge in [0.25, 0.3) is 0 Å². The highest BCUT2D eigenvalue weighted by atomic mass is 32.2. The van der Waals surface area contributed by atoms with Gasteiger partial charge < -0.3 is 14.4 Å². The van der Waals surface area contributed by atoms with Crippen molar-refractivity contribution >= 4 is 16.0 Å². The largest absolute Gasteiger partial charge is 0.495 e. The summed E-state index contributed by atoms with van der Waals surface area (Å²) in [7, 11) is -2.61. The van der Waals surface area contributed by atoms with Gasteiger partial charge in [-0.25, -0.2) is 13.1 Å². The van der Waals surface area contributed by atoms with Crippen LogP contribution >= 0.6 is 0 Å². The summed E-state index contributed by atoms with van der Waals surface area (Å²) in [6, 6.07) is 3.63. The van der Waals surface area contributed by atoms with Gasteiger partial charge >= 0.3 is 5.97 Å². The van der Waals surface area contributed by atoms with Gasteiger partial charge in [0.05, 0.1) is 19.6 Å². The molecule has 0 amide bonds. The highest BCUT2D eigenvalue weighted by molar-refractivity contribution is 7.89. The molecule has 1 heterocycles. The molecule has 0 aliphatic rings. The van der Waals surface area contributed by atoms with Crippen LogP contribution in [0.25, 0.3) is 0 Å². The lowest BCUT2D eigenvalue weighted by Gasteiger charge is -2.16. The Balaban J connectivity index is 2.36. The predicted octanol–water partition coefficient (Wildman–Crippen LogP) is 0.973. The van der Waals surface area contributed by atoms with Gasteiger partial charge in [0.1, 0.15) is 17.0 Å². The van der Waals surface area contributed by atoms with Crippen molar-refractivity contribution in [1.82, 2.24) is 19.5 Å². The number of carboxylic acid groups (broad SMARTS) is 1. The summed E-state index contributed by atoms with van der Waals surface area (Å²) in [4.78, 5) is 10.8. The maximum absolute atomic E-state index is 12.8. The Kier molecular flexibility index (Phi) is 5.75. The average molecular weight is 368 g/mol. The Morgan fingerprint density at radius 3 is 2.76 bits per heavy atom. The topological polar surface area (TPSA) is 123 Å². The molecule has 0 spiro atoms. The van der Waals surface area contributed by atoms with Crippen LogP contribution in [0.1, 0.15) is 31.3 Å². The molecule has 2 N–H and O–H groups in total. The minimum absolute atomic E-state index is 0.122. The van der Waals surface area contributed by atoms with Crippen molar-refractivity contribution in [3.05, 3.63) is 35.9 Å². The molecule has 10 heteroatoms. The third-order valence-corrected chi connectivity index (χ3v) is 5.14. The molecule has 0 saturated carbocycles. The summed E-state index contributed by atoms with van der Waals surface area (Å²) >= 11 is 0. The van der Waals surface area contributed by atoms with Crippen molar-refractivity contribution in [2.75, 3.05) is 7.11 Å². The third-order valence-electron chi connectivity index (χ3n) is 3.58. The molecule has 0 radical (unpaired) electrons. The number of aromatic nitrogens is 3. The van der Waals surface area contributed by atoms with Gasteiger partial charge in [0, 0.05) is 6.54 Å². The monoisotopic (exact) mass is 368 g/mol. The number of carbonyl (C=O) groups is 1. The smallest absolute Gasteiger partial charge is 0.307 e. The van der Waals surface area contributed by atoms with Gasteiger partial charge in [0.2, 0.25) is 10.0 Å². The van der Waals surface area contributed by atoms with Gasteiger partial charge in [-0.05, 0) is 31.5 Å². The van der Waals surface area contributed by atoms with E-state index in [1.807, 2.05) is 6.92 Å². The molecule has 9 nitrogen and oxygen atoms in total. The van der Waals surface area contributed by atoms with Crippen LogP contribution in [0.3, 0.4) is 0 Å². The second kappa shape index (κ2) is 7.62. The number of methoxy groups -OCH3 is 1. The van der Waals surface area contributed by atoms with Crippen LogP contribution in [0.2, 0.25) is 0 Å². The SMILES string of the molecule is CCn1cnnc1C(C)NS(=O)(=O)c1cc(CC(=O)O)ccc1OC. The van der Waals surface area contributed by atoms with Crippen LogP contribution < -0.4 is 9.46 Å². The lowest BCUT2D eigenvalue weighted by Crippen LogP contribution is -2.29. The van der Waals surface area contributed by atoms with Crippen LogP contribution in [-0.2, 0) is 27.8 Å². The molecule has 0 fully saturated rings. The van der Waals surface area contributed by atoms with E-state index in [1.165, 1.54) is 31.6 Å². The molecule has 1 aromatic carbocycles. The molecule has 1 unspecified atom stereocenters. The summed E-state index contributed by atoms with van der Waals surface area (Å²) in [5.41, 5.74) is 0.359. The molecule has 2 aromatic rings. The molecule has 136 valence electrons. The number of nitrogens with one attached hydrogen (secondary N) is 1. The van der Waals surface area contributed by atoms with E-state index in [0.29, 0.717) is 17.9 Å². The van der Waals surface area contributed by atoms with E-state index in [-0.39, 0.29) is 17.1 Å². The van der Waals surface area contributed by atoms with E-state index in [0.717, 1.165) is 0 Å². The second-order valence-corrected chi connectivity index (χ2v) is 7.06. The molecular weight excluding hydrogens is 348 g/mol. The number of carboxylic acids is 1. The number of rotatable bonds is 8. The molecule has 0 aliphatic carbocycles. The maximum Gasteiger partial charge on any atom is 0.307 e. The minimum Gasteiger partial charge on any atom is -0.495 e. The Bertz CT molecular complexity index is 863. The van der Waals surface area contributed by atoms with Gasteiger partial charge in [-0.3, -0.25) is 4.79 Å². The summed E-state index contributed by atoms with van der Waals surface area (Å²) in [5.74, 6) is -0.441. The number of hydrogen-bond donors (Lipinski definition) is 2. The zero-order valence-corrected chi connectivity index (χ0v) is 14.9. The lowest BCUT2D eigenvalue weighted by molar-refractivity contribution is -0.136. The standard InChI is InChI=1S/C15H20N4O5S/c1-4-19-9-16-17-15(19)10(2)18-25(22,23)13-7-11(8-14(20)21)5-6-12(13)24-3/h5-7,9-10,18H,4,8H2,1-3H3,(H,20,21). The van der Waals surface area contributed by atoms with E-state index < -0.39 is 22.0 Å². The fourth-order valence-electron chi connectivity index (χ4n) is 2.41. The summed E-state index contributed by atoms with van der Waals surface area (Å²) < 4.78 is 34.9. The lowest BCUT2D eigenvalue weighted by atomic mass is 10.1. The molecule has 1 aromatic heterocycles. The molecule has 25 heavy (non-hydrogen) atoms. The fourth-order valence-corrected chi connectivity index (χ4v) is 3.83. The first-order valence-electron chi connectivity index (χ1n) is 7.57.